The largest absolute Gasteiger partial charge is 0.480 e. The zero-order valence-corrected chi connectivity index (χ0v) is 8.90. The molecule has 1 aliphatic rings. The van der Waals surface area contributed by atoms with Gasteiger partial charge in [-0.05, 0) is 13.0 Å². The Morgan fingerprint density at radius 3 is 2.80 bits per heavy atom. The van der Waals surface area contributed by atoms with Gasteiger partial charge in [-0.1, -0.05) is 0 Å². The highest BCUT2D eigenvalue weighted by Crippen LogP contribution is 2.00. The lowest BCUT2D eigenvalue weighted by atomic mass is 10.4. The maximum absolute atomic E-state index is 11.7. The van der Waals surface area contributed by atoms with Gasteiger partial charge in [-0.15, -0.1) is 0 Å². The van der Waals surface area contributed by atoms with Gasteiger partial charge in [0.1, 0.15) is 6.54 Å². The van der Waals surface area contributed by atoms with Gasteiger partial charge in [0, 0.05) is 26.7 Å². The van der Waals surface area contributed by atoms with Crippen LogP contribution >= 0.6 is 0 Å². The Bertz CT molecular complexity index is 237. The van der Waals surface area contributed by atoms with E-state index in [1.807, 2.05) is 0 Å². The molecular weight excluding hydrogens is 198 g/mol. The Labute approximate surface area is 88.8 Å². The minimum atomic E-state index is -0.987. The molecule has 0 aromatic heterocycles. The molecule has 0 aromatic rings. The predicted octanol–water partition coefficient (Wildman–Crippen LogP) is -0.582. The highest BCUT2D eigenvalue weighted by molar-refractivity contribution is 5.79. The molecular formula is C9H17N3O3. The van der Waals surface area contributed by atoms with Crippen LogP contribution in [0, 0.1) is 0 Å². The molecule has 1 rings (SSSR count). The number of amides is 2. The number of carbonyl (C=O) groups is 2. The summed E-state index contributed by atoms with van der Waals surface area (Å²) in [6, 6.07) is -0.207. The normalized spacial score (nSPS) is 17.0. The first-order chi connectivity index (χ1) is 7.11. The zero-order valence-electron chi connectivity index (χ0n) is 8.90. The SMILES string of the molecule is CN(CC(=O)O)C(=O)N1CCCNCC1. The van der Waals surface area contributed by atoms with Crippen molar-refractivity contribution in [2.75, 3.05) is 39.8 Å². The van der Waals surface area contributed by atoms with E-state index in [4.69, 9.17) is 5.11 Å². The molecule has 15 heavy (non-hydrogen) atoms. The third-order valence-corrected chi connectivity index (χ3v) is 2.31. The smallest absolute Gasteiger partial charge is 0.323 e. The lowest BCUT2D eigenvalue weighted by molar-refractivity contribution is -0.137. The first-order valence-corrected chi connectivity index (χ1v) is 5.04. The van der Waals surface area contributed by atoms with Crippen LogP contribution in [0.4, 0.5) is 4.79 Å². The summed E-state index contributed by atoms with van der Waals surface area (Å²) in [6.45, 7) is 2.76. The predicted molar refractivity (Wildman–Crippen MR) is 54.7 cm³/mol. The first-order valence-electron chi connectivity index (χ1n) is 5.04. The second kappa shape index (κ2) is 5.55. The van der Waals surface area contributed by atoms with Crippen molar-refractivity contribution >= 4 is 12.0 Å². The van der Waals surface area contributed by atoms with Crippen molar-refractivity contribution in [3.8, 4) is 0 Å². The maximum atomic E-state index is 11.7. The number of hydrogen-bond acceptors (Lipinski definition) is 3. The summed E-state index contributed by atoms with van der Waals surface area (Å²) in [6.07, 6.45) is 0.909. The standard InChI is InChI=1S/C9H17N3O3/c1-11(7-8(13)14)9(15)12-5-2-3-10-4-6-12/h10H,2-7H2,1H3,(H,13,14). The van der Waals surface area contributed by atoms with Crippen molar-refractivity contribution in [1.29, 1.82) is 0 Å². The molecule has 1 aliphatic heterocycles. The molecule has 0 unspecified atom stereocenters. The van der Waals surface area contributed by atoms with Gasteiger partial charge in [-0.3, -0.25) is 4.79 Å². The van der Waals surface area contributed by atoms with Gasteiger partial charge in [-0.2, -0.15) is 0 Å². The van der Waals surface area contributed by atoms with Crippen molar-refractivity contribution in [3.05, 3.63) is 0 Å². The van der Waals surface area contributed by atoms with Crippen LogP contribution in [0.1, 0.15) is 6.42 Å². The van der Waals surface area contributed by atoms with Gasteiger partial charge < -0.3 is 20.2 Å². The highest BCUT2D eigenvalue weighted by atomic mass is 16.4. The van der Waals surface area contributed by atoms with Crippen LogP contribution in [-0.2, 0) is 4.79 Å². The average molecular weight is 215 g/mol. The summed E-state index contributed by atoms with van der Waals surface area (Å²) >= 11 is 0. The van der Waals surface area contributed by atoms with Crippen LogP contribution < -0.4 is 5.32 Å². The van der Waals surface area contributed by atoms with E-state index < -0.39 is 5.97 Å². The number of aliphatic carboxylic acids is 1. The number of urea groups is 1. The molecule has 0 radical (unpaired) electrons. The number of carbonyl (C=O) groups excluding carboxylic acids is 1. The van der Waals surface area contributed by atoms with Gasteiger partial charge in [0.15, 0.2) is 0 Å². The molecule has 0 spiro atoms. The average Bonchev–Trinajstić information content (AvgIpc) is 2.43. The molecule has 86 valence electrons. The van der Waals surface area contributed by atoms with Gasteiger partial charge >= 0.3 is 12.0 Å². The minimum Gasteiger partial charge on any atom is -0.480 e. The zero-order chi connectivity index (χ0) is 11.3. The summed E-state index contributed by atoms with van der Waals surface area (Å²) in [5.41, 5.74) is 0. The molecule has 6 nitrogen and oxygen atoms in total. The molecule has 0 saturated carbocycles. The van der Waals surface area contributed by atoms with Gasteiger partial charge in [0.05, 0.1) is 0 Å². The van der Waals surface area contributed by atoms with E-state index in [2.05, 4.69) is 5.32 Å². The Balaban J connectivity index is 2.46. The van der Waals surface area contributed by atoms with E-state index in [0.717, 1.165) is 19.5 Å². The molecule has 1 saturated heterocycles. The number of carboxylic acids is 1. The van der Waals surface area contributed by atoms with Gasteiger partial charge in [0.2, 0.25) is 0 Å². The van der Waals surface area contributed by atoms with Crippen LogP contribution in [0.2, 0.25) is 0 Å². The Morgan fingerprint density at radius 1 is 1.40 bits per heavy atom. The molecule has 1 fully saturated rings. The fourth-order valence-corrected chi connectivity index (χ4v) is 1.55. The maximum Gasteiger partial charge on any atom is 0.323 e. The van der Waals surface area contributed by atoms with Crippen LogP contribution in [-0.4, -0.2) is 66.7 Å². The molecule has 1 heterocycles. The number of rotatable bonds is 2. The third kappa shape index (κ3) is 3.75. The highest BCUT2D eigenvalue weighted by Gasteiger charge is 2.20. The van der Waals surface area contributed by atoms with Crippen molar-refractivity contribution in [3.63, 3.8) is 0 Å². The molecule has 6 heteroatoms. The quantitative estimate of drug-likeness (QED) is 0.646. The fourth-order valence-electron chi connectivity index (χ4n) is 1.55. The van der Waals surface area contributed by atoms with Gasteiger partial charge in [-0.25, -0.2) is 4.79 Å². The van der Waals surface area contributed by atoms with E-state index in [-0.39, 0.29) is 12.6 Å². The van der Waals surface area contributed by atoms with Crippen molar-refractivity contribution in [1.82, 2.24) is 15.1 Å². The Morgan fingerprint density at radius 2 is 2.13 bits per heavy atom. The molecule has 0 aromatic carbocycles. The molecule has 2 N–H and O–H groups in total. The van der Waals surface area contributed by atoms with E-state index >= 15 is 0 Å². The Kier molecular flexibility index (Phi) is 4.36. The summed E-state index contributed by atoms with van der Waals surface area (Å²) in [7, 11) is 1.51. The summed E-state index contributed by atoms with van der Waals surface area (Å²) in [4.78, 5) is 25.1. The number of nitrogens with zero attached hydrogens (tertiary/aromatic N) is 2. The van der Waals surface area contributed by atoms with Crippen molar-refractivity contribution < 1.29 is 14.7 Å². The topological polar surface area (TPSA) is 72.9 Å². The summed E-state index contributed by atoms with van der Waals surface area (Å²) in [5, 5.41) is 11.7. The summed E-state index contributed by atoms with van der Waals surface area (Å²) in [5.74, 6) is -0.987. The lowest BCUT2D eigenvalue weighted by Crippen LogP contribution is -2.44. The van der Waals surface area contributed by atoms with Crippen LogP contribution in [0.5, 0.6) is 0 Å². The van der Waals surface area contributed by atoms with Crippen LogP contribution in [0.3, 0.4) is 0 Å². The second-order valence-electron chi connectivity index (χ2n) is 3.62. The molecule has 0 bridgehead atoms. The van der Waals surface area contributed by atoms with Crippen molar-refractivity contribution in [2.24, 2.45) is 0 Å². The summed E-state index contributed by atoms with van der Waals surface area (Å²) < 4.78 is 0. The number of carboxylic acid groups (broad SMARTS) is 1. The van der Waals surface area contributed by atoms with Crippen LogP contribution in [0.25, 0.3) is 0 Å². The van der Waals surface area contributed by atoms with E-state index in [0.29, 0.717) is 13.1 Å². The lowest BCUT2D eigenvalue weighted by Gasteiger charge is -2.25. The number of likely N-dealkylation sites (N-methyl/N-ethyl adjacent to an activating group) is 1. The number of hydrogen-bond donors (Lipinski definition) is 2. The monoisotopic (exact) mass is 215 g/mol. The van der Waals surface area contributed by atoms with E-state index in [1.54, 1.807) is 4.90 Å². The number of nitrogens with one attached hydrogen (secondary N) is 1. The van der Waals surface area contributed by atoms with E-state index in [9.17, 15) is 9.59 Å². The fraction of sp³-hybridized carbons (Fsp3) is 0.778. The second-order valence-corrected chi connectivity index (χ2v) is 3.62. The third-order valence-electron chi connectivity index (χ3n) is 2.31. The first kappa shape index (κ1) is 11.8. The minimum absolute atomic E-state index is 0.207. The molecule has 2 amide bonds. The van der Waals surface area contributed by atoms with Gasteiger partial charge in [0.25, 0.3) is 0 Å². The van der Waals surface area contributed by atoms with Crippen molar-refractivity contribution in [2.45, 2.75) is 6.42 Å². The van der Waals surface area contributed by atoms with E-state index in [1.165, 1.54) is 11.9 Å². The Hall–Kier alpha value is -1.30. The molecule has 0 aliphatic carbocycles. The molecule has 0 atom stereocenters. The van der Waals surface area contributed by atoms with Crippen LogP contribution in [0.15, 0.2) is 0 Å².